The third-order valence-electron chi connectivity index (χ3n) is 5.02. The Morgan fingerprint density at radius 3 is 2.54 bits per heavy atom. The van der Waals surface area contributed by atoms with E-state index in [4.69, 9.17) is 19.0 Å². The molecule has 0 aromatic rings. The first-order valence-corrected chi connectivity index (χ1v) is 12.1. The molecular formula is C20H34O5Si. The molecule has 1 fully saturated rings. The molecule has 5 nitrogen and oxygen atoms in total. The van der Waals surface area contributed by atoms with Crippen LogP contribution in [-0.2, 0) is 18.7 Å². The number of hydrogen-bond acceptors (Lipinski definition) is 5. The van der Waals surface area contributed by atoms with Crippen molar-refractivity contribution in [3.63, 3.8) is 0 Å². The van der Waals surface area contributed by atoms with Gasteiger partial charge in [0, 0.05) is 12.8 Å². The number of aliphatic hydroxyl groups excluding tert-OH is 1. The lowest BCUT2D eigenvalue weighted by Crippen LogP contribution is -2.43. The van der Waals surface area contributed by atoms with Crippen molar-refractivity contribution in [1.29, 1.82) is 0 Å². The smallest absolute Gasteiger partial charge is 0.307 e. The van der Waals surface area contributed by atoms with Gasteiger partial charge in [0.05, 0.1) is 19.6 Å². The summed E-state index contributed by atoms with van der Waals surface area (Å²) in [4.78, 5) is 12.1. The molecule has 6 heteroatoms. The molecule has 1 heterocycles. The maximum absolute atomic E-state index is 12.1. The van der Waals surface area contributed by atoms with E-state index in [9.17, 15) is 4.79 Å². The lowest BCUT2D eigenvalue weighted by Gasteiger charge is -2.37. The molecule has 0 aromatic carbocycles. The first-order valence-electron chi connectivity index (χ1n) is 9.19. The lowest BCUT2D eigenvalue weighted by molar-refractivity contribution is -0.150. The van der Waals surface area contributed by atoms with Gasteiger partial charge in [-0.2, -0.15) is 0 Å². The highest BCUT2D eigenvalue weighted by Gasteiger charge is 2.42. The molecule has 1 aliphatic rings. The molecule has 0 aliphatic carbocycles. The number of aliphatic hydroxyl groups is 1. The Bertz CT molecular complexity index is 553. The van der Waals surface area contributed by atoms with E-state index in [2.05, 4.69) is 52.3 Å². The molecule has 0 saturated carbocycles. The highest BCUT2D eigenvalue weighted by molar-refractivity contribution is 6.74. The zero-order chi connectivity index (χ0) is 20.0. The minimum Gasteiger partial charge on any atom is -0.460 e. The van der Waals surface area contributed by atoms with Crippen LogP contribution in [0.3, 0.4) is 0 Å². The second kappa shape index (κ2) is 9.70. The zero-order valence-corrected chi connectivity index (χ0v) is 18.1. The topological polar surface area (TPSA) is 68.3 Å². The maximum Gasteiger partial charge on any atom is 0.307 e. The Balaban J connectivity index is 2.66. The summed E-state index contributed by atoms with van der Waals surface area (Å²) in [5, 5.41) is 9.22. The average molecular weight is 383 g/mol. The molecule has 1 N–H and O–H groups in total. The number of rotatable bonds is 10. The molecule has 1 saturated heterocycles. The lowest BCUT2D eigenvalue weighted by atomic mass is 10.1. The van der Waals surface area contributed by atoms with Gasteiger partial charge in [-0.1, -0.05) is 27.4 Å². The molecule has 26 heavy (non-hydrogen) atoms. The maximum atomic E-state index is 12.1. The summed E-state index contributed by atoms with van der Waals surface area (Å²) in [5.74, 6) is 5.37. The molecule has 0 bridgehead atoms. The molecule has 0 radical (unpaired) electrons. The van der Waals surface area contributed by atoms with Crippen LogP contribution in [0.1, 0.15) is 47.0 Å². The summed E-state index contributed by atoms with van der Waals surface area (Å²) in [5.41, 5.74) is 0.828. The van der Waals surface area contributed by atoms with Crippen molar-refractivity contribution in [3.05, 3.63) is 12.2 Å². The molecule has 148 valence electrons. The van der Waals surface area contributed by atoms with Crippen LogP contribution in [0.2, 0.25) is 18.1 Å². The van der Waals surface area contributed by atoms with Crippen LogP contribution in [0.4, 0.5) is 0 Å². The minimum absolute atomic E-state index is 0.0235. The second-order valence-electron chi connectivity index (χ2n) is 8.25. The number of esters is 1. The summed E-state index contributed by atoms with van der Waals surface area (Å²) in [6.07, 6.45) is 0.497. The van der Waals surface area contributed by atoms with Crippen molar-refractivity contribution in [1.82, 2.24) is 0 Å². The fourth-order valence-corrected chi connectivity index (χ4v) is 3.27. The van der Waals surface area contributed by atoms with Gasteiger partial charge in [0.2, 0.25) is 0 Å². The Morgan fingerprint density at radius 2 is 2.04 bits per heavy atom. The van der Waals surface area contributed by atoms with E-state index in [1.54, 1.807) is 6.92 Å². The van der Waals surface area contributed by atoms with Crippen molar-refractivity contribution in [3.8, 4) is 11.8 Å². The standard InChI is InChI=1S/C20H34O5Si/c1-8-9-10-11-18(22)24-16(12-15(2)19-17(13-21)25-19)14-23-26(6,7)20(3,4)5/h16-17,19,21H,2,10-14H2,1,3-7H3/t16-,17+,19+/m0/s1. The Hall–Kier alpha value is -1.13. The number of epoxide rings is 1. The Kier molecular flexibility index (Phi) is 8.55. The van der Waals surface area contributed by atoms with Crippen LogP contribution in [0.5, 0.6) is 0 Å². The third-order valence-corrected chi connectivity index (χ3v) is 9.52. The monoisotopic (exact) mass is 382 g/mol. The first-order chi connectivity index (χ1) is 12.0. The van der Waals surface area contributed by atoms with Gasteiger partial charge in [0.1, 0.15) is 18.3 Å². The highest BCUT2D eigenvalue weighted by Crippen LogP contribution is 2.37. The largest absolute Gasteiger partial charge is 0.460 e. The van der Waals surface area contributed by atoms with E-state index in [-0.39, 0.29) is 36.2 Å². The quantitative estimate of drug-likeness (QED) is 0.206. The third kappa shape index (κ3) is 7.24. The average Bonchev–Trinajstić information content (AvgIpc) is 3.31. The van der Waals surface area contributed by atoms with Crippen molar-refractivity contribution in [2.24, 2.45) is 0 Å². The second-order valence-corrected chi connectivity index (χ2v) is 13.1. The Morgan fingerprint density at radius 1 is 1.38 bits per heavy atom. The number of carbonyl (C=O) groups is 1. The van der Waals surface area contributed by atoms with Crippen LogP contribution in [0, 0.1) is 11.8 Å². The van der Waals surface area contributed by atoms with Crippen LogP contribution in [0.15, 0.2) is 12.2 Å². The van der Waals surface area contributed by atoms with E-state index in [0.29, 0.717) is 19.4 Å². The van der Waals surface area contributed by atoms with Gasteiger partial charge in [0.25, 0.3) is 0 Å². The molecule has 1 rings (SSSR count). The summed E-state index contributed by atoms with van der Waals surface area (Å²) in [6.45, 7) is 17.0. The van der Waals surface area contributed by atoms with Crippen molar-refractivity contribution < 1.29 is 23.8 Å². The summed E-state index contributed by atoms with van der Waals surface area (Å²) in [6, 6.07) is 0. The summed E-state index contributed by atoms with van der Waals surface area (Å²) >= 11 is 0. The fourth-order valence-electron chi connectivity index (χ4n) is 2.24. The zero-order valence-electron chi connectivity index (χ0n) is 17.1. The molecule has 0 spiro atoms. The number of hydrogen-bond donors (Lipinski definition) is 1. The van der Waals surface area contributed by atoms with E-state index in [1.165, 1.54) is 0 Å². The molecule has 0 unspecified atom stereocenters. The van der Waals surface area contributed by atoms with E-state index < -0.39 is 14.4 Å². The Labute approximate surface area is 159 Å². The van der Waals surface area contributed by atoms with Gasteiger partial charge in [0.15, 0.2) is 8.32 Å². The van der Waals surface area contributed by atoms with Crippen molar-refractivity contribution >= 4 is 14.3 Å². The predicted octanol–water partition coefficient (Wildman–Crippen LogP) is 3.43. The summed E-state index contributed by atoms with van der Waals surface area (Å²) < 4.78 is 17.2. The summed E-state index contributed by atoms with van der Waals surface area (Å²) in [7, 11) is -1.95. The van der Waals surface area contributed by atoms with E-state index in [0.717, 1.165) is 5.57 Å². The van der Waals surface area contributed by atoms with Crippen molar-refractivity contribution in [2.75, 3.05) is 13.2 Å². The SMILES string of the molecule is C=C(C[C@@H](CO[Si](C)(C)C(C)(C)C)OC(=O)CCC#CC)[C@H]1O[C@@H]1CO. The molecular weight excluding hydrogens is 348 g/mol. The fraction of sp³-hybridized carbons (Fsp3) is 0.750. The van der Waals surface area contributed by atoms with E-state index in [1.807, 2.05) is 0 Å². The van der Waals surface area contributed by atoms with Gasteiger partial charge in [-0.25, -0.2) is 0 Å². The van der Waals surface area contributed by atoms with Gasteiger partial charge in [-0.05, 0) is 30.6 Å². The van der Waals surface area contributed by atoms with Crippen LogP contribution < -0.4 is 0 Å². The van der Waals surface area contributed by atoms with E-state index >= 15 is 0 Å². The van der Waals surface area contributed by atoms with Crippen LogP contribution >= 0.6 is 0 Å². The highest BCUT2D eigenvalue weighted by atomic mass is 28.4. The number of carbonyl (C=O) groups excluding carboxylic acids is 1. The molecule has 0 aromatic heterocycles. The number of ether oxygens (including phenoxy) is 2. The van der Waals surface area contributed by atoms with Gasteiger partial charge in [-0.3, -0.25) is 4.79 Å². The van der Waals surface area contributed by atoms with Gasteiger partial charge < -0.3 is 19.0 Å². The molecule has 1 aliphatic heterocycles. The predicted molar refractivity (Wildman–Crippen MR) is 105 cm³/mol. The normalized spacial score (nSPS) is 20.7. The first kappa shape index (κ1) is 22.9. The van der Waals surface area contributed by atoms with Crippen LogP contribution in [0.25, 0.3) is 0 Å². The van der Waals surface area contributed by atoms with Crippen LogP contribution in [-0.4, -0.2) is 50.9 Å². The van der Waals surface area contributed by atoms with Crippen molar-refractivity contribution in [2.45, 2.75) is 83.4 Å². The molecule has 3 atom stereocenters. The van der Waals surface area contributed by atoms with Gasteiger partial charge in [-0.15, -0.1) is 11.8 Å². The molecule has 0 amide bonds. The minimum atomic E-state index is -1.95. The van der Waals surface area contributed by atoms with Gasteiger partial charge >= 0.3 is 5.97 Å².